The maximum Gasteiger partial charge on any atom is 0.328 e. The summed E-state index contributed by atoms with van der Waals surface area (Å²) in [5.41, 5.74) is 2.75. The number of hydrogen-bond donors (Lipinski definition) is 2. The number of nitrogens with one attached hydrogen (secondary N) is 2. The Morgan fingerprint density at radius 1 is 1.12 bits per heavy atom. The summed E-state index contributed by atoms with van der Waals surface area (Å²) < 4.78 is 10.1. The van der Waals surface area contributed by atoms with Crippen LogP contribution in [0.15, 0.2) is 48.5 Å². The van der Waals surface area contributed by atoms with E-state index in [2.05, 4.69) is 10.6 Å². The van der Waals surface area contributed by atoms with E-state index in [4.69, 9.17) is 9.47 Å². The maximum atomic E-state index is 12.4. The molecule has 2 aromatic rings. The van der Waals surface area contributed by atoms with Crippen LogP contribution >= 0.6 is 0 Å². The highest BCUT2D eigenvalue weighted by Gasteiger charge is 2.20. The van der Waals surface area contributed by atoms with Crippen LogP contribution < -0.4 is 15.4 Å². The van der Waals surface area contributed by atoms with E-state index in [1.807, 2.05) is 0 Å². The fraction of sp³-hybridized carbons (Fsp3) is 0.250. The summed E-state index contributed by atoms with van der Waals surface area (Å²) in [7, 11) is 1.57. The molecule has 0 aliphatic carbocycles. The fourth-order valence-electron chi connectivity index (χ4n) is 3.11. The lowest BCUT2D eigenvalue weighted by atomic mass is 9.99. The average molecular weight is 436 g/mol. The van der Waals surface area contributed by atoms with Gasteiger partial charge >= 0.3 is 5.97 Å². The van der Waals surface area contributed by atoms with E-state index in [1.165, 1.54) is 13.0 Å². The number of benzene rings is 2. The van der Waals surface area contributed by atoms with Gasteiger partial charge in [-0.3, -0.25) is 14.4 Å². The number of amides is 2. The Bertz CT molecular complexity index is 1060. The molecule has 0 radical (unpaired) electrons. The molecule has 1 aliphatic heterocycles. The van der Waals surface area contributed by atoms with Crippen LogP contribution in [-0.2, 0) is 25.5 Å². The summed E-state index contributed by atoms with van der Waals surface area (Å²) in [5.74, 6) is -0.890. The first-order valence-electron chi connectivity index (χ1n) is 10.1. The lowest BCUT2D eigenvalue weighted by molar-refractivity contribution is -0.145. The standard InChI is InChI=1S/C24H24N2O6/c1-15(25-22(28)11-5-16-3-8-19(31-2)9-4-16)24(30)32-14-21(27)18-6-10-20-17(13-18)7-12-23(29)26-20/h3-6,8-11,13,15H,7,12,14H2,1-2H3,(H,25,28)(H,26,29). The van der Waals surface area contributed by atoms with Gasteiger partial charge in [-0.25, -0.2) is 4.79 Å². The van der Waals surface area contributed by atoms with Gasteiger partial charge in [0, 0.05) is 23.7 Å². The minimum absolute atomic E-state index is 0.0552. The number of carbonyl (C=O) groups is 4. The molecule has 1 heterocycles. The third-order valence-corrected chi connectivity index (χ3v) is 4.92. The molecule has 0 fully saturated rings. The third-order valence-electron chi connectivity index (χ3n) is 4.92. The van der Waals surface area contributed by atoms with Gasteiger partial charge in [0.1, 0.15) is 11.8 Å². The predicted octanol–water partition coefficient (Wildman–Crippen LogP) is 2.52. The van der Waals surface area contributed by atoms with Crippen molar-refractivity contribution in [3.05, 3.63) is 65.2 Å². The molecule has 1 aliphatic rings. The Kier molecular flexibility index (Phi) is 7.38. The van der Waals surface area contributed by atoms with Crippen LogP contribution in [0.25, 0.3) is 6.08 Å². The molecule has 0 spiro atoms. The van der Waals surface area contributed by atoms with Crippen LogP contribution in [-0.4, -0.2) is 43.3 Å². The molecule has 0 saturated carbocycles. The van der Waals surface area contributed by atoms with Gasteiger partial charge in [0.25, 0.3) is 0 Å². The van der Waals surface area contributed by atoms with Crippen molar-refractivity contribution in [2.75, 3.05) is 19.0 Å². The van der Waals surface area contributed by atoms with E-state index in [1.54, 1.807) is 55.7 Å². The maximum absolute atomic E-state index is 12.4. The van der Waals surface area contributed by atoms with Gasteiger partial charge in [-0.2, -0.15) is 0 Å². The number of ketones is 1. The SMILES string of the molecule is COc1ccc(C=CC(=O)NC(C)C(=O)OCC(=O)c2ccc3c(c2)CCC(=O)N3)cc1. The monoisotopic (exact) mass is 436 g/mol. The van der Waals surface area contributed by atoms with Gasteiger partial charge in [-0.05, 0) is 60.9 Å². The van der Waals surface area contributed by atoms with Crippen LogP contribution in [0.5, 0.6) is 5.75 Å². The number of anilines is 1. The highest BCUT2D eigenvalue weighted by atomic mass is 16.5. The highest BCUT2D eigenvalue weighted by molar-refractivity contribution is 6.00. The van der Waals surface area contributed by atoms with Gasteiger partial charge in [-0.15, -0.1) is 0 Å². The number of esters is 1. The second-order valence-corrected chi connectivity index (χ2v) is 7.29. The fourth-order valence-corrected chi connectivity index (χ4v) is 3.11. The molecule has 0 aromatic heterocycles. The van der Waals surface area contributed by atoms with E-state index < -0.39 is 24.5 Å². The van der Waals surface area contributed by atoms with Crippen LogP contribution in [0.1, 0.15) is 34.8 Å². The number of aryl methyl sites for hydroxylation is 1. The molecule has 8 nitrogen and oxygen atoms in total. The number of hydrogen-bond acceptors (Lipinski definition) is 6. The van der Waals surface area contributed by atoms with Crippen LogP contribution in [0, 0.1) is 0 Å². The third kappa shape index (κ3) is 6.04. The van der Waals surface area contributed by atoms with E-state index in [0.29, 0.717) is 29.8 Å². The summed E-state index contributed by atoms with van der Waals surface area (Å²) in [6.07, 6.45) is 3.83. The first kappa shape index (κ1) is 22.7. The number of Topliss-reactive ketones (excluding diaryl/α,β-unsaturated/α-hetero) is 1. The van der Waals surface area contributed by atoms with Gasteiger partial charge in [-0.1, -0.05) is 12.1 Å². The van der Waals surface area contributed by atoms with Crippen molar-refractivity contribution in [2.45, 2.75) is 25.8 Å². The Hall–Kier alpha value is -3.94. The van der Waals surface area contributed by atoms with E-state index >= 15 is 0 Å². The molecule has 2 aromatic carbocycles. The molecule has 1 atom stereocenters. The van der Waals surface area contributed by atoms with Crippen molar-refractivity contribution in [1.82, 2.24) is 5.32 Å². The second-order valence-electron chi connectivity index (χ2n) is 7.29. The van der Waals surface area contributed by atoms with Crippen molar-refractivity contribution in [2.24, 2.45) is 0 Å². The van der Waals surface area contributed by atoms with Crippen molar-refractivity contribution < 1.29 is 28.7 Å². The number of rotatable bonds is 8. The number of methoxy groups -OCH3 is 1. The van der Waals surface area contributed by atoms with Gasteiger partial charge in [0.2, 0.25) is 11.8 Å². The zero-order valence-corrected chi connectivity index (χ0v) is 17.8. The van der Waals surface area contributed by atoms with E-state index in [-0.39, 0.29) is 11.7 Å². The molecule has 0 bridgehead atoms. The summed E-state index contributed by atoms with van der Waals surface area (Å²) in [6.45, 7) is 1.04. The number of fused-ring (bicyclic) bond motifs is 1. The normalized spacial score (nSPS) is 13.6. The molecule has 1 unspecified atom stereocenters. The smallest absolute Gasteiger partial charge is 0.328 e. The average Bonchev–Trinajstić information content (AvgIpc) is 2.80. The van der Waals surface area contributed by atoms with Crippen molar-refractivity contribution in [1.29, 1.82) is 0 Å². The van der Waals surface area contributed by atoms with E-state index in [9.17, 15) is 19.2 Å². The summed E-state index contributed by atoms with van der Waals surface area (Å²) in [5, 5.41) is 5.25. The predicted molar refractivity (Wildman–Crippen MR) is 118 cm³/mol. The Balaban J connectivity index is 1.47. The van der Waals surface area contributed by atoms with Gasteiger partial charge < -0.3 is 20.1 Å². The zero-order valence-electron chi connectivity index (χ0n) is 17.8. The minimum atomic E-state index is -0.922. The largest absolute Gasteiger partial charge is 0.497 e. The van der Waals surface area contributed by atoms with E-state index in [0.717, 1.165) is 11.1 Å². The second kappa shape index (κ2) is 10.4. The van der Waals surface area contributed by atoms with Crippen LogP contribution in [0.3, 0.4) is 0 Å². The van der Waals surface area contributed by atoms with Crippen molar-refractivity contribution >= 4 is 35.3 Å². The molecular formula is C24H24N2O6. The Labute approximate surface area is 185 Å². The lowest BCUT2D eigenvalue weighted by Crippen LogP contribution is -2.39. The molecule has 166 valence electrons. The number of ether oxygens (including phenoxy) is 2. The summed E-state index contributed by atoms with van der Waals surface area (Å²) >= 11 is 0. The molecule has 8 heteroatoms. The molecule has 3 rings (SSSR count). The first-order valence-corrected chi connectivity index (χ1v) is 10.1. The van der Waals surface area contributed by atoms with Gasteiger partial charge in [0.15, 0.2) is 12.4 Å². The molecular weight excluding hydrogens is 412 g/mol. The summed E-state index contributed by atoms with van der Waals surface area (Å²) in [6, 6.07) is 11.1. The Morgan fingerprint density at radius 2 is 1.88 bits per heavy atom. The van der Waals surface area contributed by atoms with Crippen LogP contribution in [0.2, 0.25) is 0 Å². The summed E-state index contributed by atoms with van der Waals surface area (Å²) in [4.78, 5) is 48.0. The topological polar surface area (TPSA) is 111 Å². The minimum Gasteiger partial charge on any atom is -0.497 e. The molecule has 32 heavy (non-hydrogen) atoms. The number of carbonyl (C=O) groups excluding carboxylic acids is 4. The highest BCUT2D eigenvalue weighted by Crippen LogP contribution is 2.23. The molecule has 2 N–H and O–H groups in total. The molecule has 0 saturated heterocycles. The lowest BCUT2D eigenvalue weighted by Gasteiger charge is -2.17. The van der Waals surface area contributed by atoms with Crippen molar-refractivity contribution in [3.63, 3.8) is 0 Å². The Morgan fingerprint density at radius 3 is 2.59 bits per heavy atom. The zero-order chi connectivity index (χ0) is 23.1. The van der Waals surface area contributed by atoms with Crippen LogP contribution in [0.4, 0.5) is 5.69 Å². The first-order chi connectivity index (χ1) is 15.4. The van der Waals surface area contributed by atoms with Crippen molar-refractivity contribution in [3.8, 4) is 5.75 Å². The quantitative estimate of drug-likeness (QED) is 0.374. The van der Waals surface area contributed by atoms with Gasteiger partial charge in [0.05, 0.1) is 7.11 Å². The molecule has 2 amide bonds.